The summed E-state index contributed by atoms with van der Waals surface area (Å²) in [7, 11) is 0. The van der Waals surface area contributed by atoms with Gasteiger partial charge in [-0.1, -0.05) is 15.9 Å². The van der Waals surface area contributed by atoms with Crippen molar-refractivity contribution in [1.29, 1.82) is 0 Å². The van der Waals surface area contributed by atoms with Crippen LogP contribution in [-0.2, 0) is 0 Å². The van der Waals surface area contributed by atoms with Gasteiger partial charge in [0.2, 0.25) is 0 Å². The molecule has 1 aliphatic rings. The molecule has 0 amide bonds. The van der Waals surface area contributed by atoms with Crippen LogP contribution >= 0.6 is 15.9 Å². The van der Waals surface area contributed by atoms with Gasteiger partial charge in [-0.3, -0.25) is 0 Å². The molecular weight excluding hydrogens is 166 g/mol. The molecule has 1 heterocycles. The third-order valence-electron chi connectivity index (χ3n) is 1.37. The second-order valence-electron chi connectivity index (χ2n) is 2.11. The molecule has 0 aromatic heterocycles. The Kier molecular flexibility index (Phi) is 2.08. The zero-order valence-electron chi connectivity index (χ0n) is 5.00. The van der Waals surface area contributed by atoms with Crippen molar-refractivity contribution in [2.75, 3.05) is 13.1 Å². The van der Waals surface area contributed by atoms with Crippen LogP contribution in [0.15, 0.2) is 10.1 Å². The van der Waals surface area contributed by atoms with Crippen molar-refractivity contribution in [3.05, 3.63) is 10.1 Å². The maximum Gasteiger partial charge on any atom is 0.0172 e. The van der Waals surface area contributed by atoms with E-state index in [1.54, 1.807) is 0 Å². The van der Waals surface area contributed by atoms with E-state index in [0.29, 0.717) is 0 Å². The van der Waals surface area contributed by atoms with Crippen LogP contribution in [0.25, 0.3) is 0 Å². The van der Waals surface area contributed by atoms with Crippen LogP contribution in [0.2, 0.25) is 0 Å². The van der Waals surface area contributed by atoms with E-state index in [1.165, 1.54) is 10.1 Å². The second kappa shape index (κ2) is 2.65. The zero-order valence-corrected chi connectivity index (χ0v) is 6.59. The fourth-order valence-corrected chi connectivity index (χ4v) is 1.12. The van der Waals surface area contributed by atoms with E-state index < -0.39 is 0 Å². The molecule has 2 heteroatoms. The molecule has 1 aliphatic heterocycles. The molecule has 0 saturated heterocycles. The molecule has 0 bridgehead atoms. The van der Waals surface area contributed by atoms with Crippen molar-refractivity contribution in [1.82, 2.24) is 5.32 Å². The molecule has 8 heavy (non-hydrogen) atoms. The van der Waals surface area contributed by atoms with Gasteiger partial charge in [0.25, 0.3) is 0 Å². The second-order valence-corrected chi connectivity index (χ2v) is 3.07. The fourth-order valence-electron chi connectivity index (χ4n) is 0.783. The third kappa shape index (κ3) is 1.33. The van der Waals surface area contributed by atoms with Crippen molar-refractivity contribution in [2.45, 2.75) is 13.3 Å². The van der Waals surface area contributed by atoms with E-state index in [-0.39, 0.29) is 0 Å². The minimum absolute atomic E-state index is 1.06. The van der Waals surface area contributed by atoms with Gasteiger partial charge in [-0.25, -0.2) is 0 Å². The molecule has 1 N–H and O–H groups in total. The summed E-state index contributed by atoms with van der Waals surface area (Å²) < 4.78 is 1.39. The van der Waals surface area contributed by atoms with Crippen LogP contribution in [0.3, 0.4) is 0 Å². The van der Waals surface area contributed by atoms with Crippen LogP contribution < -0.4 is 5.32 Å². The molecule has 1 nitrogen and oxygen atoms in total. The Balaban J connectivity index is 2.60. The van der Waals surface area contributed by atoms with Crippen molar-refractivity contribution in [2.24, 2.45) is 0 Å². The molecule has 1 rings (SSSR count). The Labute approximate surface area is 58.3 Å². The predicted molar refractivity (Wildman–Crippen MR) is 39.1 cm³/mol. The molecule has 0 unspecified atom stereocenters. The molecule has 0 atom stereocenters. The number of halogens is 1. The molecule has 0 spiro atoms. The van der Waals surface area contributed by atoms with E-state index in [2.05, 4.69) is 28.2 Å². The molecule has 0 saturated carbocycles. The summed E-state index contributed by atoms with van der Waals surface area (Å²) in [6, 6.07) is 0. The standard InChI is InChI=1S/C6H10BrN/c1-5-4-8-3-2-6(5)7/h8H,2-4H2,1H3. The van der Waals surface area contributed by atoms with Gasteiger partial charge in [0.15, 0.2) is 0 Å². The van der Waals surface area contributed by atoms with E-state index in [4.69, 9.17) is 0 Å². The van der Waals surface area contributed by atoms with E-state index in [9.17, 15) is 0 Å². The summed E-state index contributed by atoms with van der Waals surface area (Å²) in [4.78, 5) is 0. The lowest BCUT2D eigenvalue weighted by atomic mass is 10.2. The monoisotopic (exact) mass is 175 g/mol. The molecule has 0 aromatic rings. The largest absolute Gasteiger partial charge is 0.313 e. The molecule has 46 valence electrons. The highest BCUT2D eigenvalue weighted by Gasteiger charge is 2.03. The first-order valence-corrected chi connectivity index (χ1v) is 3.65. The summed E-state index contributed by atoms with van der Waals surface area (Å²) in [6.07, 6.45) is 1.16. The van der Waals surface area contributed by atoms with Crippen LogP contribution in [0.4, 0.5) is 0 Å². The van der Waals surface area contributed by atoms with Gasteiger partial charge in [-0.2, -0.15) is 0 Å². The first kappa shape index (κ1) is 6.30. The maximum absolute atomic E-state index is 3.49. The summed E-state index contributed by atoms with van der Waals surface area (Å²) in [5.74, 6) is 0. The lowest BCUT2D eigenvalue weighted by molar-refractivity contribution is 0.698. The van der Waals surface area contributed by atoms with E-state index in [0.717, 1.165) is 19.5 Å². The van der Waals surface area contributed by atoms with Crippen LogP contribution in [0.5, 0.6) is 0 Å². The average molecular weight is 176 g/mol. The van der Waals surface area contributed by atoms with Gasteiger partial charge >= 0.3 is 0 Å². The van der Waals surface area contributed by atoms with Crippen molar-refractivity contribution >= 4 is 15.9 Å². The smallest absolute Gasteiger partial charge is 0.0172 e. The average Bonchev–Trinajstić information content (AvgIpc) is 1.77. The van der Waals surface area contributed by atoms with Crippen molar-refractivity contribution in [3.8, 4) is 0 Å². The van der Waals surface area contributed by atoms with Gasteiger partial charge in [0, 0.05) is 6.54 Å². The molecule has 0 aromatic carbocycles. The summed E-state index contributed by atoms with van der Waals surface area (Å²) >= 11 is 3.49. The summed E-state index contributed by atoms with van der Waals surface area (Å²) in [5.41, 5.74) is 1.44. The Morgan fingerprint density at radius 1 is 1.62 bits per heavy atom. The number of rotatable bonds is 0. The van der Waals surface area contributed by atoms with Gasteiger partial charge < -0.3 is 5.32 Å². The van der Waals surface area contributed by atoms with Crippen LogP contribution in [0.1, 0.15) is 13.3 Å². The number of hydrogen-bond acceptors (Lipinski definition) is 1. The fraction of sp³-hybridized carbons (Fsp3) is 0.667. The Hall–Kier alpha value is 0.180. The summed E-state index contributed by atoms with van der Waals surface area (Å²) in [5, 5.41) is 3.28. The molecule has 0 fully saturated rings. The topological polar surface area (TPSA) is 12.0 Å². The Morgan fingerprint density at radius 3 is 2.75 bits per heavy atom. The number of hydrogen-bond donors (Lipinski definition) is 1. The van der Waals surface area contributed by atoms with Gasteiger partial charge in [0.05, 0.1) is 0 Å². The van der Waals surface area contributed by atoms with Crippen LogP contribution in [0, 0.1) is 0 Å². The summed E-state index contributed by atoms with van der Waals surface area (Å²) in [6.45, 7) is 4.33. The molecule has 0 radical (unpaired) electrons. The lowest BCUT2D eigenvalue weighted by Crippen LogP contribution is -2.22. The van der Waals surface area contributed by atoms with Crippen molar-refractivity contribution in [3.63, 3.8) is 0 Å². The highest BCUT2D eigenvalue weighted by Crippen LogP contribution is 2.17. The first-order valence-electron chi connectivity index (χ1n) is 2.85. The highest BCUT2D eigenvalue weighted by molar-refractivity contribution is 9.11. The first-order chi connectivity index (χ1) is 3.80. The predicted octanol–water partition coefficient (Wildman–Crippen LogP) is 1.65. The quantitative estimate of drug-likeness (QED) is 0.591. The maximum atomic E-state index is 3.49. The lowest BCUT2D eigenvalue weighted by Gasteiger charge is -2.13. The zero-order chi connectivity index (χ0) is 5.98. The van der Waals surface area contributed by atoms with Gasteiger partial charge in [0.1, 0.15) is 0 Å². The number of nitrogens with one attached hydrogen (secondary N) is 1. The minimum atomic E-state index is 1.06. The SMILES string of the molecule is CC1=C(Br)CCNC1. The van der Waals surface area contributed by atoms with Crippen molar-refractivity contribution < 1.29 is 0 Å². The molecular formula is C6H10BrN. The van der Waals surface area contributed by atoms with Gasteiger partial charge in [-0.15, -0.1) is 0 Å². The van der Waals surface area contributed by atoms with E-state index >= 15 is 0 Å². The molecule has 0 aliphatic carbocycles. The third-order valence-corrected chi connectivity index (χ3v) is 2.45. The Morgan fingerprint density at radius 2 is 2.38 bits per heavy atom. The van der Waals surface area contributed by atoms with Gasteiger partial charge in [-0.05, 0) is 29.9 Å². The normalized spacial score (nSPS) is 21.8. The minimum Gasteiger partial charge on any atom is -0.313 e. The van der Waals surface area contributed by atoms with Crippen LogP contribution in [-0.4, -0.2) is 13.1 Å². The van der Waals surface area contributed by atoms with E-state index in [1.807, 2.05) is 0 Å². The Bertz CT molecular complexity index is 104. The highest BCUT2D eigenvalue weighted by atomic mass is 79.9.